The van der Waals surface area contributed by atoms with E-state index < -0.39 is 0 Å². The zero-order valence-electron chi connectivity index (χ0n) is 12.2. The number of anilines is 1. The quantitative estimate of drug-likeness (QED) is 0.935. The van der Waals surface area contributed by atoms with Crippen LogP contribution in [0.5, 0.6) is 0 Å². The van der Waals surface area contributed by atoms with E-state index in [1.54, 1.807) is 6.26 Å². The molecule has 1 unspecified atom stereocenters. The van der Waals surface area contributed by atoms with Crippen LogP contribution in [0, 0.1) is 0 Å². The molecule has 4 heteroatoms. The van der Waals surface area contributed by atoms with E-state index in [0.29, 0.717) is 5.92 Å². The van der Waals surface area contributed by atoms with Gasteiger partial charge < -0.3 is 9.95 Å². The molecule has 1 saturated heterocycles. The molecule has 4 nitrogen and oxygen atoms in total. The van der Waals surface area contributed by atoms with E-state index >= 15 is 0 Å². The van der Waals surface area contributed by atoms with Crippen molar-refractivity contribution in [3.63, 3.8) is 0 Å². The van der Waals surface area contributed by atoms with Crippen LogP contribution < -0.4 is 5.43 Å². The topological polar surface area (TPSA) is 41.3 Å². The highest BCUT2D eigenvalue weighted by Crippen LogP contribution is 2.40. The lowest BCUT2D eigenvalue weighted by molar-refractivity contribution is 0.272. The van der Waals surface area contributed by atoms with Crippen LogP contribution in [-0.4, -0.2) is 23.3 Å². The van der Waals surface area contributed by atoms with Gasteiger partial charge in [0.1, 0.15) is 17.6 Å². The molecule has 1 fully saturated rings. The Labute approximate surface area is 125 Å². The van der Waals surface area contributed by atoms with E-state index in [9.17, 15) is 0 Å². The highest BCUT2D eigenvalue weighted by atomic mass is 16.5. The number of nitrogens with zero attached hydrogens (tertiary/aromatic N) is 2. The molecular formula is C17H21N3O. The monoisotopic (exact) mass is 283 g/mol. The van der Waals surface area contributed by atoms with Gasteiger partial charge in [-0.1, -0.05) is 35.8 Å². The molecule has 0 radical (unpaired) electrons. The lowest BCUT2D eigenvalue weighted by Crippen LogP contribution is -2.35. The third kappa shape index (κ3) is 2.44. The van der Waals surface area contributed by atoms with Crippen LogP contribution in [0.25, 0.3) is 0 Å². The second-order valence-corrected chi connectivity index (χ2v) is 6.06. The Hall–Kier alpha value is -1.81. The van der Waals surface area contributed by atoms with Gasteiger partial charge in [-0.2, -0.15) is 0 Å². The number of benzene rings is 1. The van der Waals surface area contributed by atoms with Gasteiger partial charge in [-0.3, -0.25) is 0 Å². The van der Waals surface area contributed by atoms with Crippen LogP contribution in [-0.2, 0) is 6.42 Å². The van der Waals surface area contributed by atoms with Crippen molar-refractivity contribution in [1.82, 2.24) is 10.2 Å². The molecule has 2 aliphatic rings. The largest absolute Gasteiger partial charge is 0.362 e. The van der Waals surface area contributed by atoms with E-state index in [0.717, 1.165) is 37.3 Å². The van der Waals surface area contributed by atoms with Crippen molar-refractivity contribution < 1.29 is 4.52 Å². The Morgan fingerprint density at radius 3 is 2.90 bits per heavy atom. The zero-order valence-corrected chi connectivity index (χ0v) is 12.2. The van der Waals surface area contributed by atoms with E-state index in [-0.39, 0.29) is 0 Å². The summed E-state index contributed by atoms with van der Waals surface area (Å²) >= 11 is 0. The van der Waals surface area contributed by atoms with Crippen LogP contribution >= 0.6 is 0 Å². The normalized spacial score (nSPS) is 22.2. The predicted molar refractivity (Wildman–Crippen MR) is 82.2 cm³/mol. The molecule has 2 aromatic rings. The summed E-state index contributed by atoms with van der Waals surface area (Å²) in [5.74, 6) is 0.368. The first-order valence-electron chi connectivity index (χ1n) is 7.95. The molecule has 0 amide bonds. The first kappa shape index (κ1) is 12.9. The summed E-state index contributed by atoms with van der Waals surface area (Å²) in [6, 6.07) is 8.70. The molecule has 2 heterocycles. The number of hydrazine groups is 1. The van der Waals surface area contributed by atoms with Gasteiger partial charge in [-0.25, -0.2) is 5.01 Å². The maximum Gasteiger partial charge on any atom is 0.148 e. The number of piperidine rings is 1. The molecule has 0 bridgehead atoms. The average molecular weight is 283 g/mol. The minimum absolute atomic E-state index is 0.368. The van der Waals surface area contributed by atoms with Crippen LogP contribution in [0.3, 0.4) is 0 Å². The van der Waals surface area contributed by atoms with Crippen molar-refractivity contribution in [3.8, 4) is 0 Å². The second kappa shape index (κ2) is 5.53. The Bertz CT molecular complexity index is 616. The van der Waals surface area contributed by atoms with Crippen molar-refractivity contribution in [2.24, 2.45) is 0 Å². The van der Waals surface area contributed by atoms with E-state index in [1.807, 2.05) is 0 Å². The van der Waals surface area contributed by atoms with Crippen LogP contribution in [0.1, 0.15) is 48.4 Å². The third-order valence-electron chi connectivity index (χ3n) is 4.70. The lowest BCUT2D eigenvalue weighted by atomic mass is 9.97. The van der Waals surface area contributed by atoms with Gasteiger partial charge in [0.2, 0.25) is 0 Å². The van der Waals surface area contributed by atoms with Gasteiger partial charge in [-0.15, -0.1) is 0 Å². The van der Waals surface area contributed by atoms with Crippen molar-refractivity contribution in [2.75, 3.05) is 18.5 Å². The highest BCUT2D eigenvalue weighted by Gasteiger charge is 2.28. The van der Waals surface area contributed by atoms with E-state index in [2.05, 4.69) is 39.9 Å². The minimum atomic E-state index is 0.368. The number of aromatic nitrogens is 1. The summed E-state index contributed by atoms with van der Waals surface area (Å²) in [6.45, 7) is 2.21. The van der Waals surface area contributed by atoms with E-state index in [4.69, 9.17) is 4.52 Å². The number of rotatable bonds is 3. The third-order valence-corrected chi connectivity index (χ3v) is 4.70. The summed E-state index contributed by atoms with van der Waals surface area (Å²) in [4.78, 5) is 0. The standard InChI is InChI=1S/C17H21N3O/c1-4-10-20(11-5-1)18-16-12-21-19-17(16)15-9-8-13-6-2-3-7-14(13)15/h2-3,6-7,12,15,18H,1,4-5,8-11H2. The van der Waals surface area contributed by atoms with Gasteiger partial charge in [0.25, 0.3) is 0 Å². The summed E-state index contributed by atoms with van der Waals surface area (Å²) in [5, 5.41) is 6.59. The SMILES string of the molecule is c1ccc2c(c1)CCC2c1nocc1NN1CCCCC1. The zero-order chi connectivity index (χ0) is 14.1. The Morgan fingerprint density at radius 2 is 2.00 bits per heavy atom. The maximum atomic E-state index is 5.28. The molecule has 1 N–H and O–H groups in total. The van der Waals surface area contributed by atoms with Crippen molar-refractivity contribution in [1.29, 1.82) is 0 Å². The molecule has 110 valence electrons. The molecule has 1 aliphatic carbocycles. The number of aryl methyl sites for hydroxylation is 1. The Balaban J connectivity index is 1.58. The van der Waals surface area contributed by atoms with Crippen molar-refractivity contribution >= 4 is 5.69 Å². The fourth-order valence-corrected chi connectivity index (χ4v) is 3.60. The summed E-state index contributed by atoms with van der Waals surface area (Å²) in [5.41, 5.74) is 8.48. The van der Waals surface area contributed by atoms with E-state index in [1.165, 1.54) is 30.4 Å². The molecule has 1 aromatic carbocycles. The van der Waals surface area contributed by atoms with Crippen molar-refractivity contribution in [3.05, 3.63) is 47.3 Å². The fraction of sp³-hybridized carbons (Fsp3) is 0.471. The Morgan fingerprint density at radius 1 is 1.14 bits per heavy atom. The lowest BCUT2D eigenvalue weighted by Gasteiger charge is -2.27. The number of hydrogen-bond acceptors (Lipinski definition) is 4. The van der Waals surface area contributed by atoms with Crippen molar-refractivity contribution in [2.45, 2.75) is 38.0 Å². The molecule has 1 aliphatic heterocycles. The molecule has 0 spiro atoms. The first-order chi connectivity index (χ1) is 10.4. The number of hydrogen-bond donors (Lipinski definition) is 1. The Kier molecular flexibility index (Phi) is 3.39. The molecule has 4 rings (SSSR count). The average Bonchev–Trinajstić information content (AvgIpc) is 3.14. The van der Waals surface area contributed by atoms with Gasteiger partial charge in [0.05, 0.1) is 0 Å². The summed E-state index contributed by atoms with van der Waals surface area (Å²) in [6.07, 6.45) is 7.88. The van der Waals surface area contributed by atoms with Gasteiger partial charge >= 0.3 is 0 Å². The van der Waals surface area contributed by atoms with Gasteiger partial charge in [0, 0.05) is 19.0 Å². The summed E-state index contributed by atoms with van der Waals surface area (Å²) < 4.78 is 5.28. The highest BCUT2D eigenvalue weighted by molar-refractivity contribution is 5.52. The molecule has 0 saturated carbocycles. The smallest absolute Gasteiger partial charge is 0.148 e. The fourth-order valence-electron chi connectivity index (χ4n) is 3.60. The van der Waals surface area contributed by atoms with Crippen LogP contribution in [0.15, 0.2) is 35.1 Å². The molecule has 1 aromatic heterocycles. The van der Waals surface area contributed by atoms with Gasteiger partial charge in [-0.05, 0) is 36.8 Å². The molecule has 21 heavy (non-hydrogen) atoms. The first-order valence-corrected chi connectivity index (χ1v) is 7.95. The number of nitrogens with one attached hydrogen (secondary N) is 1. The van der Waals surface area contributed by atoms with Crippen LogP contribution in [0.2, 0.25) is 0 Å². The molecular weight excluding hydrogens is 262 g/mol. The number of fused-ring (bicyclic) bond motifs is 1. The minimum Gasteiger partial charge on any atom is -0.362 e. The maximum absolute atomic E-state index is 5.28. The molecule has 1 atom stereocenters. The van der Waals surface area contributed by atoms with Gasteiger partial charge in [0.15, 0.2) is 0 Å². The second-order valence-electron chi connectivity index (χ2n) is 6.06. The summed E-state index contributed by atoms with van der Waals surface area (Å²) in [7, 11) is 0. The predicted octanol–water partition coefficient (Wildman–Crippen LogP) is 3.57. The van der Waals surface area contributed by atoms with Crippen LogP contribution in [0.4, 0.5) is 5.69 Å².